The number of hydrogen-bond acceptors (Lipinski definition) is 5. The van der Waals surface area contributed by atoms with Gasteiger partial charge in [-0.05, 0) is 25.8 Å². The van der Waals surface area contributed by atoms with Crippen LogP contribution in [0.3, 0.4) is 0 Å². The molecule has 0 radical (unpaired) electrons. The smallest absolute Gasteiger partial charge is 0.229 e. The Hall–Kier alpha value is -1.79. The van der Waals surface area contributed by atoms with E-state index in [0.29, 0.717) is 5.91 Å². The van der Waals surface area contributed by atoms with Gasteiger partial charge < -0.3 is 4.90 Å². The van der Waals surface area contributed by atoms with Crippen molar-refractivity contribution in [1.29, 1.82) is 0 Å². The molecule has 1 spiro atoms. The maximum atomic E-state index is 12.6. The summed E-state index contributed by atoms with van der Waals surface area (Å²) in [6.45, 7) is 3.52. The molecule has 0 aliphatic carbocycles. The number of rotatable bonds is 3. The van der Waals surface area contributed by atoms with E-state index in [1.165, 1.54) is 0 Å². The standard InChI is InChI=1S/C18H22N4OS/c1-21-10-5-8-18(17(21)23)9-11-22(13-18)12-15-19-20-16(24-15)14-6-3-2-4-7-14/h2-4,6-7H,5,8-13H2,1H3. The maximum absolute atomic E-state index is 12.6. The lowest BCUT2D eigenvalue weighted by atomic mass is 9.78. The van der Waals surface area contributed by atoms with Crippen molar-refractivity contribution in [1.82, 2.24) is 20.0 Å². The molecule has 1 aromatic carbocycles. The summed E-state index contributed by atoms with van der Waals surface area (Å²) in [7, 11) is 1.93. The Morgan fingerprint density at radius 1 is 1.17 bits per heavy atom. The molecule has 0 bridgehead atoms. The minimum absolute atomic E-state index is 0.153. The predicted molar refractivity (Wildman–Crippen MR) is 94.5 cm³/mol. The molecular formula is C18H22N4OS. The van der Waals surface area contributed by atoms with E-state index in [-0.39, 0.29) is 5.41 Å². The molecule has 5 nitrogen and oxygen atoms in total. The molecule has 24 heavy (non-hydrogen) atoms. The normalized spacial score (nSPS) is 24.9. The van der Waals surface area contributed by atoms with Crippen LogP contribution in [-0.2, 0) is 11.3 Å². The molecule has 0 N–H and O–H groups in total. The van der Waals surface area contributed by atoms with Gasteiger partial charge in [-0.2, -0.15) is 0 Å². The summed E-state index contributed by atoms with van der Waals surface area (Å²) in [6, 6.07) is 10.2. The van der Waals surface area contributed by atoms with Crippen LogP contribution in [0.4, 0.5) is 0 Å². The quantitative estimate of drug-likeness (QED) is 0.860. The van der Waals surface area contributed by atoms with Gasteiger partial charge in [0.2, 0.25) is 5.91 Å². The summed E-state index contributed by atoms with van der Waals surface area (Å²) in [6.07, 6.45) is 3.12. The number of carbonyl (C=O) groups is 1. The van der Waals surface area contributed by atoms with Gasteiger partial charge in [0.15, 0.2) is 0 Å². The molecule has 2 saturated heterocycles. The van der Waals surface area contributed by atoms with Crippen molar-refractivity contribution >= 4 is 17.2 Å². The molecule has 126 valence electrons. The third kappa shape index (κ3) is 2.84. The van der Waals surface area contributed by atoms with Crippen molar-refractivity contribution in [2.45, 2.75) is 25.8 Å². The summed E-state index contributed by atoms with van der Waals surface area (Å²) in [5, 5.41) is 10.7. The second kappa shape index (κ2) is 6.26. The van der Waals surface area contributed by atoms with Gasteiger partial charge in [-0.15, -0.1) is 10.2 Å². The minimum atomic E-state index is -0.153. The Kier molecular flexibility index (Phi) is 4.10. The largest absolute Gasteiger partial charge is 0.345 e. The summed E-state index contributed by atoms with van der Waals surface area (Å²) in [5.74, 6) is 0.332. The number of hydrogen-bond donors (Lipinski definition) is 0. The first kappa shape index (κ1) is 15.7. The van der Waals surface area contributed by atoms with E-state index in [9.17, 15) is 4.79 Å². The predicted octanol–water partition coefficient (Wildman–Crippen LogP) is 2.65. The first-order valence-corrected chi connectivity index (χ1v) is 9.34. The van der Waals surface area contributed by atoms with Gasteiger partial charge in [-0.1, -0.05) is 41.7 Å². The van der Waals surface area contributed by atoms with Gasteiger partial charge in [0.1, 0.15) is 10.0 Å². The van der Waals surface area contributed by atoms with E-state index in [0.717, 1.165) is 61.0 Å². The summed E-state index contributed by atoms with van der Waals surface area (Å²) in [5.41, 5.74) is 0.961. The average Bonchev–Trinajstić information content (AvgIpc) is 3.22. The summed E-state index contributed by atoms with van der Waals surface area (Å²) in [4.78, 5) is 16.9. The Labute approximate surface area is 146 Å². The first-order chi connectivity index (χ1) is 11.7. The van der Waals surface area contributed by atoms with E-state index < -0.39 is 0 Å². The average molecular weight is 342 g/mol. The lowest BCUT2D eigenvalue weighted by molar-refractivity contribution is -0.143. The lowest BCUT2D eigenvalue weighted by Crippen LogP contribution is -2.48. The number of amides is 1. The Balaban J connectivity index is 1.44. The van der Waals surface area contributed by atoms with Gasteiger partial charge in [0, 0.05) is 25.7 Å². The Morgan fingerprint density at radius 2 is 2.00 bits per heavy atom. The molecule has 6 heteroatoms. The van der Waals surface area contributed by atoms with E-state index in [2.05, 4.69) is 27.2 Å². The molecule has 1 amide bonds. The van der Waals surface area contributed by atoms with E-state index in [1.807, 2.05) is 30.1 Å². The van der Waals surface area contributed by atoms with Gasteiger partial charge in [0.05, 0.1) is 12.0 Å². The number of benzene rings is 1. The molecule has 4 rings (SSSR count). The Morgan fingerprint density at radius 3 is 2.83 bits per heavy atom. The van der Waals surface area contributed by atoms with Gasteiger partial charge in [-0.3, -0.25) is 9.69 Å². The van der Waals surface area contributed by atoms with Crippen LogP contribution in [-0.4, -0.2) is 52.6 Å². The van der Waals surface area contributed by atoms with Crippen molar-refractivity contribution in [3.05, 3.63) is 35.3 Å². The second-order valence-electron chi connectivity index (χ2n) is 6.94. The SMILES string of the molecule is CN1CCCC2(CCN(Cc3nnc(-c4ccccc4)s3)C2)C1=O. The van der Waals surface area contributed by atoms with Gasteiger partial charge in [-0.25, -0.2) is 0 Å². The minimum Gasteiger partial charge on any atom is -0.345 e. The van der Waals surface area contributed by atoms with Crippen LogP contribution in [0.2, 0.25) is 0 Å². The topological polar surface area (TPSA) is 49.3 Å². The Bertz CT molecular complexity index is 732. The van der Waals surface area contributed by atoms with Crippen LogP contribution in [0.5, 0.6) is 0 Å². The maximum Gasteiger partial charge on any atom is 0.229 e. The summed E-state index contributed by atoms with van der Waals surface area (Å²) >= 11 is 1.65. The highest BCUT2D eigenvalue weighted by molar-refractivity contribution is 7.14. The summed E-state index contributed by atoms with van der Waals surface area (Å²) < 4.78 is 0. The number of aromatic nitrogens is 2. The zero-order valence-electron chi connectivity index (χ0n) is 13.9. The molecule has 2 aliphatic rings. The zero-order valence-corrected chi connectivity index (χ0v) is 14.8. The van der Waals surface area contributed by atoms with Crippen molar-refractivity contribution in [2.24, 2.45) is 5.41 Å². The molecule has 2 aliphatic heterocycles. The van der Waals surface area contributed by atoms with Crippen LogP contribution in [0.25, 0.3) is 10.6 Å². The lowest BCUT2D eigenvalue weighted by Gasteiger charge is -2.37. The molecule has 0 saturated carbocycles. The highest BCUT2D eigenvalue weighted by atomic mass is 32.1. The molecule has 1 aromatic heterocycles. The van der Waals surface area contributed by atoms with Crippen LogP contribution in [0.1, 0.15) is 24.3 Å². The van der Waals surface area contributed by atoms with E-state index >= 15 is 0 Å². The molecule has 2 fully saturated rings. The molecule has 1 atom stereocenters. The van der Waals surface area contributed by atoms with Gasteiger partial charge >= 0.3 is 0 Å². The fourth-order valence-corrected chi connectivity index (χ4v) is 4.83. The van der Waals surface area contributed by atoms with Crippen LogP contribution >= 0.6 is 11.3 Å². The number of likely N-dealkylation sites (tertiary alicyclic amines) is 2. The van der Waals surface area contributed by atoms with Crippen LogP contribution in [0.15, 0.2) is 30.3 Å². The van der Waals surface area contributed by atoms with E-state index in [1.54, 1.807) is 11.3 Å². The zero-order chi connectivity index (χ0) is 16.6. The van der Waals surface area contributed by atoms with Crippen molar-refractivity contribution in [3.8, 4) is 10.6 Å². The van der Waals surface area contributed by atoms with Crippen LogP contribution in [0, 0.1) is 5.41 Å². The van der Waals surface area contributed by atoms with Crippen molar-refractivity contribution < 1.29 is 4.79 Å². The monoisotopic (exact) mass is 342 g/mol. The van der Waals surface area contributed by atoms with Crippen molar-refractivity contribution in [3.63, 3.8) is 0 Å². The van der Waals surface area contributed by atoms with E-state index in [4.69, 9.17) is 0 Å². The number of piperidine rings is 1. The number of carbonyl (C=O) groups excluding carboxylic acids is 1. The third-order valence-corrected chi connectivity index (χ3v) is 6.19. The number of nitrogens with zero attached hydrogens (tertiary/aromatic N) is 4. The molecule has 2 aromatic rings. The van der Waals surface area contributed by atoms with Crippen molar-refractivity contribution in [2.75, 3.05) is 26.7 Å². The fraction of sp³-hybridized carbons (Fsp3) is 0.500. The van der Waals surface area contributed by atoms with Crippen LogP contribution < -0.4 is 0 Å². The first-order valence-electron chi connectivity index (χ1n) is 8.52. The highest BCUT2D eigenvalue weighted by Gasteiger charge is 2.47. The fourth-order valence-electron chi connectivity index (χ4n) is 3.95. The molecule has 3 heterocycles. The second-order valence-corrected chi connectivity index (χ2v) is 8.00. The van der Waals surface area contributed by atoms with Gasteiger partial charge in [0.25, 0.3) is 0 Å². The third-order valence-electron chi connectivity index (χ3n) is 5.23. The molecular weight excluding hydrogens is 320 g/mol. The highest BCUT2D eigenvalue weighted by Crippen LogP contribution is 2.40. The molecule has 1 unspecified atom stereocenters.